The van der Waals surface area contributed by atoms with Crippen LogP contribution in [0.25, 0.3) is 0 Å². The number of carbonyl (C=O) groups excluding carboxylic acids is 1. The highest BCUT2D eigenvalue weighted by Gasteiger charge is 2.18. The van der Waals surface area contributed by atoms with Crippen molar-refractivity contribution < 1.29 is 14.5 Å². The number of anilines is 1. The topological polar surface area (TPSA) is 99.3 Å². The summed E-state index contributed by atoms with van der Waals surface area (Å²) >= 11 is 15.2. The first-order chi connectivity index (χ1) is 13.2. The van der Waals surface area contributed by atoms with Crippen LogP contribution < -0.4 is 10.1 Å². The molecule has 2 aromatic carbocycles. The van der Waals surface area contributed by atoms with Gasteiger partial charge in [0.15, 0.2) is 0 Å². The van der Waals surface area contributed by atoms with Gasteiger partial charge in [0.05, 0.1) is 32.4 Å². The third-order valence-corrected chi connectivity index (χ3v) is 4.70. The molecular formula is C17H11BrCl2N4O4. The summed E-state index contributed by atoms with van der Waals surface area (Å²) < 4.78 is 7.51. The Morgan fingerprint density at radius 1 is 1.29 bits per heavy atom. The number of hydrogen-bond donors (Lipinski definition) is 1. The van der Waals surface area contributed by atoms with E-state index in [9.17, 15) is 14.9 Å². The van der Waals surface area contributed by atoms with Crippen molar-refractivity contribution in [2.24, 2.45) is 7.05 Å². The van der Waals surface area contributed by atoms with Crippen molar-refractivity contribution in [2.75, 3.05) is 5.32 Å². The van der Waals surface area contributed by atoms with Gasteiger partial charge in [0, 0.05) is 24.2 Å². The minimum absolute atomic E-state index is 0.123. The van der Waals surface area contributed by atoms with Gasteiger partial charge in [-0.2, -0.15) is 5.10 Å². The molecule has 28 heavy (non-hydrogen) atoms. The first-order valence-corrected chi connectivity index (χ1v) is 9.20. The first-order valence-electron chi connectivity index (χ1n) is 7.66. The lowest BCUT2D eigenvalue weighted by Crippen LogP contribution is -2.16. The molecule has 0 unspecified atom stereocenters. The monoisotopic (exact) mass is 484 g/mol. The summed E-state index contributed by atoms with van der Waals surface area (Å²) in [7, 11) is 1.60. The van der Waals surface area contributed by atoms with Crippen molar-refractivity contribution in [3.8, 4) is 11.5 Å². The predicted octanol–water partition coefficient (Wildman–Crippen LogP) is 5.44. The standard InChI is InChI=1S/C17H11BrCl2N4O4/c1-23-16(13(18)8-21-23)17(25)22-10-5-11(24(26)27)7-12(6-10)28-15-3-2-9(19)4-14(15)20/h2-8H,1H3,(H,22,25). The van der Waals surface area contributed by atoms with E-state index in [1.807, 2.05) is 0 Å². The van der Waals surface area contributed by atoms with E-state index >= 15 is 0 Å². The van der Waals surface area contributed by atoms with E-state index in [0.717, 1.165) is 0 Å². The van der Waals surface area contributed by atoms with Crippen LogP contribution in [0.5, 0.6) is 11.5 Å². The van der Waals surface area contributed by atoms with Gasteiger partial charge in [0.25, 0.3) is 11.6 Å². The van der Waals surface area contributed by atoms with Gasteiger partial charge in [0.2, 0.25) is 0 Å². The Morgan fingerprint density at radius 3 is 2.64 bits per heavy atom. The highest BCUT2D eigenvalue weighted by molar-refractivity contribution is 9.10. The van der Waals surface area contributed by atoms with Crippen LogP contribution in [0.1, 0.15) is 10.5 Å². The molecule has 0 aliphatic carbocycles. The van der Waals surface area contributed by atoms with E-state index in [2.05, 4.69) is 26.3 Å². The summed E-state index contributed by atoms with van der Waals surface area (Å²) in [6.07, 6.45) is 1.47. The lowest BCUT2D eigenvalue weighted by Gasteiger charge is -2.11. The fraction of sp³-hybridized carbons (Fsp3) is 0.0588. The number of nitro groups is 1. The van der Waals surface area contributed by atoms with Gasteiger partial charge < -0.3 is 10.1 Å². The van der Waals surface area contributed by atoms with E-state index < -0.39 is 10.8 Å². The lowest BCUT2D eigenvalue weighted by atomic mass is 10.2. The number of carbonyl (C=O) groups is 1. The van der Waals surface area contributed by atoms with Crippen LogP contribution in [-0.2, 0) is 7.05 Å². The summed E-state index contributed by atoms with van der Waals surface area (Å²) in [6, 6.07) is 8.48. The number of halogens is 3. The highest BCUT2D eigenvalue weighted by atomic mass is 79.9. The minimum atomic E-state index is -0.591. The number of nitro benzene ring substituents is 1. The summed E-state index contributed by atoms with van der Waals surface area (Å²) in [5.41, 5.74) is 0.170. The maximum atomic E-state index is 12.5. The van der Waals surface area contributed by atoms with Gasteiger partial charge in [-0.3, -0.25) is 19.6 Å². The number of non-ortho nitro benzene ring substituents is 1. The first kappa shape index (κ1) is 20.1. The Labute approximate surface area is 177 Å². The van der Waals surface area contributed by atoms with Gasteiger partial charge in [-0.25, -0.2) is 0 Å². The van der Waals surface area contributed by atoms with Gasteiger partial charge in [-0.15, -0.1) is 0 Å². The molecule has 0 bridgehead atoms. The van der Waals surface area contributed by atoms with Crippen molar-refractivity contribution in [3.63, 3.8) is 0 Å². The van der Waals surface area contributed by atoms with Gasteiger partial charge in [-0.1, -0.05) is 23.2 Å². The van der Waals surface area contributed by atoms with Crippen molar-refractivity contribution in [3.05, 3.63) is 72.9 Å². The number of hydrogen-bond acceptors (Lipinski definition) is 5. The zero-order valence-electron chi connectivity index (χ0n) is 14.1. The van der Waals surface area contributed by atoms with Crippen molar-refractivity contribution in [2.45, 2.75) is 0 Å². The van der Waals surface area contributed by atoms with E-state index in [4.69, 9.17) is 27.9 Å². The number of ether oxygens (including phenoxy) is 1. The molecule has 1 heterocycles. The number of nitrogens with one attached hydrogen (secondary N) is 1. The molecule has 8 nitrogen and oxygen atoms in total. The van der Waals surface area contributed by atoms with Crippen LogP contribution in [0.4, 0.5) is 11.4 Å². The Kier molecular flexibility index (Phi) is 5.87. The highest BCUT2D eigenvalue weighted by Crippen LogP contribution is 2.34. The molecule has 3 rings (SSSR count). The summed E-state index contributed by atoms with van der Waals surface area (Å²) in [6.45, 7) is 0. The van der Waals surface area contributed by atoms with Crippen LogP contribution in [0.2, 0.25) is 10.0 Å². The molecule has 0 aliphatic heterocycles. The van der Waals surface area contributed by atoms with Crippen LogP contribution >= 0.6 is 39.1 Å². The largest absolute Gasteiger partial charge is 0.455 e. The average Bonchev–Trinajstić information content (AvgIpc) is 2.95. The molecule has 0 atom stereocenters. The van der Waals surface area contributed by atoms with E-state index in [-0.39, 0.29) is 33.6 Å². The second kappa shape index (κ2) is 8.17. The van der Waals surface area contributed by atoms with Crippen molar-refractivity contribution in [1.82, 2.24) is 9.78 Å². The zero-order chi connectivity index (χ0) is 20.4. The number of aromatic nitrogens is 2. The maximum absolute atomic E-state index is 12.5. The molecule has 0 saturated carbocycles. The van der Waals surface area contributed by atoms with E-state index in [0.29, 0.717) is 9.50 Å². The van der Waals surface area contributed by atoms with Gasteiger partial charge in [0.1, 0.15) is 17.2 Å². The molecule has 0 fully saturated rings. The molecule has 1 N–H and O–H groups in total. The molecule has 0 saturated heterocycles. The van der Waals surface area contributed by atoms with Crippen LogP contribution in [0.15, 0.2) is 47.1 Å². The van der Waals surface area contributed by atoms with E-state index in [1.54, 1.807) is 13.1 Å². The second-order valence-electron chi connectivity index (χ2n) is 5.57. The Hall–Kier alpha value is -2.62. The van der Waals surface area contributed by atoms with Crippen molar-refractivity contribution in [1.29, 1.82) is 0 Å². The second-order valence-corrected chi connectivity index (χ2v) is 7.27. The third-order valence-electron chi connectivity index (χ3n) is 3.59. The van der Waals surface area contributed by atoms with Crippen molar-refractivity contribution >= 4 is 56.4 Å². The number of nitrogens with zero attached hydrogens (tertiary/aromatic N) is 3. The molecular weight excluding hydrogens is 475 g/mol. The van der Waals surface area contributed by atoms with Gasteiger partial charge >= 0.3 is 0 Å². The summed E-state index contributed by atoms with van der Waals surface area (Å²) in [5, 5.41) is 18.5. The molecule has 0 spiro atoms. The molecule has 144 valence electrons. The quantitative estimate of drug-likeness (QED) is 0.383. The molecule has 1 aromatic heterocycles. The van der Waals surface area contributed by atoms with Crippen LogP contribution in [-0.4, -0.2) is 20.6 Å². The number of aryl methyl sites for hydroxylation is 1. The zero-order valence-corrected chi connectivity index (χ0v) is 17.2. The number of rotatable bonds is 5. The lowest BCUT2D eigenvalue weighted by molar-refractivity contribution is -0.384. The predicted molar refractivity (Wildman–Crippen MR) is 108 cm³/mol. The Morgan fingerprint density at radius 2 is 2.04 bits per heavy atom. The Balaban J connectivity index is 1.93. The normalized spacial score (nSPS) is 10.6. The Bertz CT molecular complexity index is 1070. The smallest absolute Gasteiger partial charge is 0.275 e. The van der Waals surface area contributed by atoms with Gasteiger partial charge in [-0.05, 0) is 34.1 Å². The fourth-order valence-corrected chi connectivity index (χ4v) is 3.34. The minimum Gasteiger partial charge on any atom is -0.455 e. The fourth-order valence-electron chi connectivity index (χ4n) is 2.36. The van der Waals surface area contributed by atoms with E-state index in [1.165, 1.54) is 41.2 Å². The summed E-state index contributed by atoms with van der Waals surface area (Å²) in [5.74, 6) is -0.112. The maximum Gasteiger partial charge on any atom is 0.275 e. The van der Waals surface area contributed by atoms with Crippen LogP contribution in [0, 0.1) is 10.1 Å². The summed E-state index contributed by atoms with van der Waals surface area (Å²) in [4.78, 5) is 23.2. The third kappa shape index (κ3) is 4.44. The molecule has 3 aromatic rings. The molecule has 11 heteroatoms. The number of amides is 1. The van der Waals surface area contributed by atoms with Crippen LogP contribution in [0.3, 0.4) is 0 Å². The number of benzene rings is 2. The average molecular weight is 486 g/mol. The SMILES string of the molecule is Cn1ncc(Br)c1C(=O)Nc1cc(Oc2ccc(Cl)cc2Cl)cc([N+](=O)[O-])c1. The molecule has 0 aliphatic rings. The molecule has 0 radical (unpaired) electrons. The molecule has 1 amide bonds.